The Labute approximate surface area is 220 Å². The molecule has 3 atom stereocenters. The zero-order valence-corrected chi connectivity index (χ0v) is 25.9. The maximum absolute atomic E-state index is 7.27. The summed E-state index contributed by atoms with van der Waals surface area (Å²) in [5.41, 5.74) is 1.13. The van der Waals surface area contributed by atoms with Crippen molar-refractivity contribution >= 4 is 55.4 Å². The molecule has 3 heterocycles. The van der Waals surface area contributed by atoms with Gasteiger partial charge >= 0.3 is 0 Å². The van der Waals surface area contributed by atoms with E-state index in [0.29, 0.717) is 4.08 Å². The number of hydrogen-bond acceptors (Lipinski definition) is 7. The van der Waals surface area contributed by atoms with Gasteiger partial charge in [-0.1, -0.05) is 26.8 Å². The van der Waals surface area contributed by atoms with E-state index in [1.165, 1.54) is 41.4 Å². The minimum Gasteiger partial charge on any atom is -0.407 e. The average Bonchev–Trinajstić information content (AvgIpc) is 3.23. The van der Waals surface area contributed by atoms with Gasteiger partial charge in [-0.2, -0.15) is 0 Å². The van der Waals surface area contributed by atoms with E-state index in [1.54, 1.807) is 0 Å². The zero-order valence-electron chi connectivity index (χ0n) is 21.7. The molecular weight excluding hydrogens is 505 g/mol. The topological polar surface area (TPSA) is 27.7 Å². The van der Waals surface area contributed by atoms with Crippen LogP contribution in [0.15, 0.2) is 11.6 Å². The molecule has 2 spiro atoms. The van der Waals surface area contributed by atoms with Gasteiger partial charge < -0.3 is 13.9 Å². The molecule has 0 aromatic carbocycles. The molecule has 0 bridgehead atoms. The van der Waals surface area contributed by atoms with Crippen molar-refractivity contribution in [1.82, 2.24) is 0 Å². The summed E-state index contributed by atoms with van der Waals surface area (Å²) in [6.45, 7) is 14.1. The molecule has 8 heteroatoms. The summed E-state index contributed by atoms with van der Waals surface area (Å²) >= 11 is 8.48. The molecule has 0 radical (unpaired) electrons. The highest BCUT2D eigenvalue weighted by molar-refractivity contribution is 8.21. The molecule has 4 rings (SSSR count). The van der Waals surface area contributed by atoms with Gasteiger partial charge in [0.25, 0.3) is 0 Å². The fraction of sp³-hybridized carbons (Fsp3) is 0.920. The van der Waals surface area contributed by atoms with Gasteiger partial charge in [0, 0.05) is 18.6 Å². The smallest absolute Gasteiger partial charge is 0.193 e. The molecule has 33 heavy (non-hydrogen) atoms. The lowest BCUT2D eigenvalue weighted by Gasteiger charge is -2.54. The van der Waals surface area contributed by atoms with Crippen molar-refractivity contribution in [3.63, 3.8) is 0 Å². The molecule has 0 aromatic heterocycles. The predicted octanol–water partition coefficient (Wildman–Crippen LogP) is 7.77. The van der Waals surface area contributed by atoms with Gasteiger partial charge in [0.2, 0.25) is 0 Å². The van der Waals surface area contributed by atoms with E-state index >= 15 is 0 Å². The second kappa shape index (κ2) is 10.2. The normalized spacial score (nSPS) is 33.3. The standard InChI is InChI=1S/C25H44O3S4Si/c1-22(2,3)33(6,7)28-20(19-9-11-24(12-10-19)29-17-18-30-24)23(4)13-14-25(21(26-5)27-23)31-15-8-16-32-25/h9,20-21H,8,10-18H2,1-7H3/t20-,21+,23+/m1/s1. The SMILES string of the molecule is CO[C@H]1O[C@](C)([C@H](O[Si](C)(C)C(C)(C)C)C2=CCC3(CC2)SCCS3)CCC12SCCCS2. The fourth-order valence-electron chi connectivity index (χ4n) is 5.11. The number of thioether (sulfide) groups is 4. The largest absolute Gasteiger partial charge is 0.407 e. The minimum absolute atomic E-state index is 0.0146. The summed E-state index contributed by atoms with van der Waals surface area (Å²) in [6, 6.07) is 0. The highest BCUT2D eigenvalue weighted by atomic mass is 32.2. The first kappa shape index (κ1) is 27.3. The molecule has 1 aliphatic carbocycles. The van der Waals surface area contributed by atoms with E-state index in [-0.39, 0.29) is 27.1 Å². The van der Waals surface area contributed by atoms with E-state index in [4.69, 9.17) is 13.9 Å². The lowest BCUT2D eigenvalue weighted by Crippen LogP contribution is -2.60. The molecular formula is C25H44O3S4Si. The van der Waals surface area contributed by atoms with E-state index in [1.807, 2.05) is 7.11 Å². The van der Waals surface area contributed by atoms with Crippen molar-refractivity contribution in [2.45, 2.75) is 111 Å². The van der Waals surface area contributed by atoms with Gasteiger partial charge in [-0.05, 0) is 80.7 Å². The van der Waals surface area contributed by atoms with E-state index in [9.17, 15) is 0 Å². The summed E-state index contributed by atoms with van der Waals surface area (Å²) in [4.78, 5) is 0. The summed E-state index contributed by atoms with van der Waals surface area (Å²) in [5.74, 6) is 5.01. The monoisotopic (exact) mass is 548 g/mol. The average molecular weight is 549 g/mol. The zero-order chi connectivity index (χ0) is 24.0. The van der Waals surface area contributed by atoms with Crippen LogP contribution in [0, 0.1) is 0 Å². The first-order valence-electron chi connectivity index (χ1n) is 12.6. The van der Waals surface area contributed by atoms with Crippen molar-refractivity contribution in [2.75, 3.05) is 30.1 Å². The predicted molar refractivity (Wildman–Crippen MR) is 153 cm³/mol. The van der Waals surface area contributed by atoms with Crippen molar-refractivity contribution in [3.05, 3.63) is 11.6 Å². The lowest BCUT2D eigenvalue weighted by molar-refractivity contribution is -0.242. The molecule has 0 aromatic rings. The first-order chi connectivity index (χ1) is 15.4. The van der Waals surface area contributed by atoms with Gasteiger partial charge in [0.1, 0.15) is 4.08 Å². The number of ether oxygens (including phenoxy) is 2. The second-order valence-corrected chi connectivity index (χ2v) is 22.8. The van der Waals surface area contributed by atoms with Crippen LogP contribution >= 0.6 is 47.0 Å². The number of allylic oxidation sites excluding steroid dienone is 1. The van der Waals surface area contributed by atoms with Crippen LogP contribution in [0.25, 0.3) is 0 Å². The number of hydrogen-bond donors (Lipinski definition) is 0. The Morgan fingerprint density at radius 3 is 2.24 bits per heavy atom. The van der Waals surface area contributed by atoms with Crippen molar-refractivity contribution in [3.8, 4) is 0 Å². The third-order valence-corrected chi connectivity index (χ3v) is 19.8. The molecule has 4 aliphatic rings. The summed E-state index contributed by atoms with van der Waals surface area (Å²) in [6.07, 6.45) is 9.35. The van der Waals surface area contributed by atoms with Crippen LogP contribution in [-0.4, -0.2) is 64.6 Å². The Hall–Kier alpha value is 1.24. The highest BCUT2D eigenvalue weighted by Crippen LogP contribution is 2.57. The lowest BCUT2D eigenvalue weighted by atomic mass is 9.81. The van der Waals surface area contributed by atoms with Crippen LogP contribution in [-0.2, 0) is 13.9 Å². The van der Waals surface area contributed by atoms with Gasteiger partial charge in [0.15, 0.2) is 14.6 Å². The maximum atomic E-state index is 7.27. The molecule has 3 nitrogen and oxygen atoms in total. The Kier molecular flexibility index (Phi) is 8.42. The van der Waals surface area contributed by atoms with Crippen molar-refractivity contribution in [1.29, 1.82) is 0 Å². The molecule has 0 saturated carbocycles. The maximum Gasteiger partial charge on any atom is 0.193 e. The van der Waals surface area contributed by atoms with Gasteiger partial charge in [-0.3, -0.25) is 0 Å². The van der Waals surface area contributed by atoms with Crippen LogP contribution in [0.3, 0.4) is 0 Å². The Balaban J connectivity index is 1.62. The van der Waals surface area contributed by atoms with Crippen LogP contribution in [0.4, 0.5) is 0 Å². The molecule has 3 saturated heterocycles. The fourth-order valence-corrected chi connectivity index (χ4v) is 12.9. The number of rotatable bonds is 5. The molecule has 3 fully saturated rings. The van der Waals surface area contributed by atoms with Gasteiger partial charge in [0.05, 0.1) is 15.8 Å². The summed E-state index contributed by atoms with van der Waals surface area (Å²) in [5, 5.41) is 0.167. The molecule has 190 valence electrons. The molecule has 0 unspecified atom stereocenters. The van der Waals surface area contributed by atoms with Crippen molar-refractivity contribution in [2.24, 2.45) is 0 Å². The van der Waals surface area contributed by atoms with E-state index < -0.39 is 8.32 Å². The quantitative estimate of drug-likeness (QED) is 0.256. The Morgan fingerprint density at radius 1 is 1.03 bits per heavy atom. The summed E-state index contributed by atoms with van der Waals surface area (Å²) in [7, 11) is -0.156. The third kappa shape index (κ3) is 5.58. The third-order valence-electron chi connectivity index (χ3n) is 8.29. The summed E-state index contributed by atoms with van der Waals surface area (Å²) < 4.78 is 20.8. The Bertz CT molecular complexity index is 726. The van der Waals surface area contributed by atoms with Gasteiger partial charge in [-0.25, -0.2) is 0 Å². The molecule has 0 amide bonds. The number of methoxy groups -OCH3 is 1. The van der Waals surface area contributed by atoms with Crippen LogP contribution in [0.5, 0.6) is 0 Å². The van der Waals surface area contributed by atoms with E-state index in [2.05, 4.69) is 93.9 Å². The van der Waals surface area contributed by atoms with Crippen molar-refractivity contribution < 1.29 is 13.9 Å². The minimum atomic E-state index is -1.99. The highest BCUT2D eigenvalue weighted by Gasteiger charge is 2.56. The van der Waals surface area contributed by atoms with E-state index in [0.717, 1.165) is 25.7 Å². The second-order valence-electron chi connectivity index (χ2n) is 11.7. The Morgan fingerprint density at radius 2 is 1.70 bits per heavy atom. The molecule has 3 aliphatic heterocycles. The molecule has 0 N–H and O–H groups in total. The van der Waals surface area contributed by atoms with Crippen LogP contribution in [0.2, 0.25) is 18.1 Å². The first-order valence-corrected chi connectivity index (χ1v) is 19.4. The van der Waals surface area contributed by atoms with Crippen LogP contribution in [0.1, 0.15) is 66.2 Å². The van der Waals surface area contributed by atoms with Gasteiger partial charge in [-0.15, -0.1) is 47.0 Å². The van der Waals surface area contributed by atoms with Crippen LogP contribution < -0.4 is 0 Å².